The van der Waals surface area contributed by atoms with Crippen molar-refractivity contribution in [1.82, 2.24) is 9.97 Å². The fraction of sp³-hybridized carbons (Fsp3) is 0.0588. The highest BCUT2D eigenvalue weighted by atomic mass is 19.1. The van der Waals surface area contributed by atoms with E-state index in [0.717, 1.165) is 16.5 Å². The molecule has 0 spiro atoms. The molecule has 2 aromatic carbocycles. The van der Waals surface area contributed by atoms with E-state index in [1.807, 2.05) is 24.3 Å². The lowest BCUT2D eigenvalue weighted by molar-refractivity contribution is 0.612. The summed E-state index contributed by atoms with van der Waals surface area (Å²) >= 11 is 0. The number of para-hydroxylation sites is 1. The number of hydrogen-bond donors (Lipinski definition) is 1. The summed E-state index contributed by atoms with van der Waals surface area (Å²) in [6.45, 7) is 0.329. The van der Waals surface area contributed by atoms with Crippen molar-refractivity contribution in [3.05, 3.63) is 66.2 Å². The van der Waals surface area contributed by atoms with Gasteiger partial charge in [0, 0.05) is 17.5 Å². The van der Waals surface area contributed by atoms with Crippen LogP contribution in [0, 0.1) is 5.82 Å². The summed E-state index contributed by atoms with van der Waals surface area (Å²) in [5, 5.41) is 4.06. The second-order valence-electron chi connectivity index (χ2n) is 4.94. The molecule has 108 valence electrons. The van der Waals surface area contributed by atoms with Crippen molar-refractivity contribution in [3.63, 3.8) is 0 Å². The Balaban J connectivity index is 1.74. The zero-order valence-electron chi connectivity index (χ0n) is 11.6. The summed E-state index contributed by atoms with van der Waals surface area (Å²) in [5.74, 6) is 0.314. The first-order valence-electron chi connectivity index (χ1n) is 6.92. The first-order valence-corrected chi connectivity index (χ1v) is 6.92. The van der Waals surface area contributed by atoms with Gasteiger partial charge in [0.2, 0.25) is 0 Å². The smallest absolute Gasteiger partial charge is 0.196 e. The summed E-state index contributed by atoms with van der Waals surface area (Å²) in [4.78, 5) is 8.49. The maximum absolute atomic E-state index is 13.7. The molecule has 0 bridgehead atoms. The van der Waals surface area contributed by atoms with Gasteiger partial charge in [-0.05, 0) is 18.2 Å². The Morgan fingerprint density at radius 3 is 2.73 bits per heavy atom. The van der Waals surface area contributed by atoms with Gasteiger partial charge < -0.3 is 9.73 Å². The molecule has 0 unspecified atom stereocenters. The van der Waals surface area contributed by atoms with Crippen LogP contribution in [0.3, 0.4) is 0 Å². The lowest BCUT2D eigenvalue weighted by atomic mass is 10.2. The quantitative estimate of drug-likeness (QED) is 0.617. The van der Waals surface area contributed by atoms with E-state index >= 15 is 0 Å². The number of rotatable bonds is 3. The van der Waals surface area contributed by atoms with E-state index in [2.05, 4.69) is 15.3 Å². The lowest BCUT2D eigenvalue weighted by Gasteiger charge is -2.06. The third-order valence-electron chi connectivity index (χ3n) is 3.56. The van der Waals surface area contributed by atoms with Gasteiger partial charge in [-0.1, -0.05) is 30.3 Å². The maximum atomic E-state index is 13.7. The van der Waals surface area contributed by atoms with Crippen LogP contribution in [-0.4, -0.2) is 9.97 Å². The minimum absolute atomic E-state index is 0.245. The average molecular weight is 293 g/mol. The summed E-state index contributed by atoms with van der Waals surface area (Å²) in [6.07, 6.45) is 1.48. The minimum atomic E-state index is -0.245. The van der Waals surface area contributed by atoms with Crippen LogP contribution in [0.2, 0.25) is 0 Å². The summed E-state index contributed by atoms with van der Waals surface area (Å²) in [5.41, 5.74) is 2.67. The molecule has 2 heterocycles. The molecule has 0 aliphatic rings. The van der Waals surface area contributed by atoms with Gasteiger partial charge in [0.05, 0.1) is 0 Å². The number of fused-ring (bicyclic) bond motifs is 3. The number of aromatic nitrogens is 2. The van der Waals surface area contributed by atoms with Crippen molar-refractivity contribution in [1.29, 1.82) is 0 Å². The summed E-state index contributed by atoms with van der Waals surface area (Å²) < 4.78 is 19.5. The van der Waals surface area contributed by atoms with Crippen LogP contribution in [0.15, 0.2) is 59.3 Å². The minimum Gasteiger partial charge on any atom is -0.450 e. The van der Waals surface area contributed by atoms with Crippen molar-refractivity contribution in [3.8, 4) is 0 Å². The SMILES string of the molecule is Fc1ccccc1CNc1ncnc2c1oc1ccccc12. The number of benzene rings is 2. The highest BCUT2D eigenvalue weighted by Crippen LogP contribution is 2.30. The second kappa shape index (κ2) is 5.11. The number of halogens is 1. The Morgan fingerprint density at radius 2 is 1.82 bits per heavy atom. The van der Waals surface area contributed by atoms with Gasteiger partial charge in [-0.3, -0.25) is 0 Å². The third kappa shape index (κ3) is 2.07. The molecule has 0 fully saturated rings. The van der Waals surface area contributed by atoms with Crippen LogP contribution in [0.4, 0.5) is 10.2 Å². The molecule has 0 aliphatic heterocycles. The molecule has 4 rings (SSSR count). The zero-order chi connectivity index (χ0) is 14.9. The summed E-state index contributed by atoms with van der Waals surface area (Å²) in [7, 11) is 0. The number of nitrogens with zero attached hydrogens (tertiary/aromatic N) is 2. The van der Waals surface area contributed by atoms with Gasteiger partial charge in [0.15, 0.2) is 11.4 Å². The van der Waals surface area contributed by atoms with E-state index in [4.69, 9.17) is 4.42 Å². The second-order valence-corrected chi connectivity index (χ2v) is 4.94. The van der Waals surface area contributed by atoms with E-state index in [1.54, 1.807) is 18.2 Å². The van der Waals surface area contributed by atoms with Gasteiger partial charge in [0.1, 0.15) is 23.2 Å². The van der Waals surface area contributed by atoms with E-state index < -0.39 is 0 Å². The normalized spacial score (nSPS) is 11.1. The molecule has 22 heavy (non-hydrogen) atoms. The lowest BCUT2D eigenvalue weighted by Crippen LogP contribution is -2.03. The molecule has 0 aliphatic carbocycles. The standard InChI is InChI=1S/C17H12FN3O/c18-13-7-3-1-5-11(13)9-19-17-16-15(20-10-21-17)12-6-2-4-8-14(12)22-16/h1-8,10H,9H2,(H,19,20,21). The van der Waals surface area contributed by atoms with Crippen LogP contribution < -0.4 is 5.32 Å². The number of nitrogens with one attached hydrogen (secondary N) is 1. The zero-order valence-corrected chi connectivity index (χ0v) is 11.6. The molecule has 4 nitrogen and oxygen atoms in total. The predicted octanol–water partition coefficient (Wildman–Crippen LogP) is 4.13. The van der Waals surface area contributed by atoms with Gasteiger partial charge >= 0.3 is 0 Å². The van der Waals surface area contributed by atoms with Gasteiger partial charge in [-0.2, -0.15) is 0 Å². The van der Waals surface area contributed by atoms with E-state index in [0.29, 0.717) is 23.5 Å². The first kappa shape index (κ1) is 12.8. The number of anilines is 1. The number of hydrogen-bond acceptors (Lipinski definition) is 4. The molecule has 0 amide bonds. The van der Waals surface area contributed by atoms with Gasteiger partial charge in [-0.15, -0.1) is 0 Å². The molecule has 0 radical (unpaired) electrons. The van der Waals surface area contributed by atoms with Crippen LogP contribution in [0.25, 0.3) is 22.1 Å². The van der Waals surface area contributed by atoms with Crippen LogP contribution in [0.1, 0.15) is 5.56 Å². The highest BCUT2D eigenvalue weighted by Gasteiger charge is 2.12. The first-order chi connectivity index (χ1) is 10.8. The van der Waals surface area contributed by atoms with E-state index in [9.17, 15) is 4.39 Å². The van der Waals surface area contributed by atoms with E-state index in [-0.39, 0.29) is 5.82 Å². The molecule has 2 aromatic heterocycles. The Bertz CT molecular complexity index is 964. The van der Waals surface area contributed by atoms with Crippen molar-refractivity contribution in [2.24, 2.45) is 0 Å². The van der Waals surface area contributed by atoms with Crippen molar-refractivity contribution in [2.75, 3.05) is 5.32 Å². The molecule has 1 N–H and O–H groups in total. The largest absolute Gasteiger partial charge is 0.450 e. The Hall–Kier alpha value is -2.95. The van der Waals surface area contributed by atoms with Crippen molar-refractivity contribution in [2.45, 2.75) is 6.54 Å². The fourth-order valence-electron chi connectivity index (χ4n) is 2.47. The maximum Gasteiger partial charge on any atom is 0.196 e. The molecule has 0 saturated carbocycles. The Morgan fingerprint density at radius 1 is 1.00 bits per heavy atom. The Labute approximate surface area is 125 Å². The molecular weight excluding hydrogens is 281 g/mol. The predicted molar refractivity (Wildman–Crippen MR) is 83.0 cm³/mol. The Kier molecular flexibility index (Phi) is 2.96. The van der Waals surface area contributed by atoms with E-state index in [1.165, 1.54) is 12.4 Å². The van der Waals surface area contributed by atoms with Crippen LogP contribution in [0.5, 0.6) is 0 Å². The van der Waals surface area contributed by atoms with Crippen LogP contribution >= 0.6 is 0 Å². The average Bonchev–Trinajstić information content (AvgIpc) is 2.93. The van der Waals surface area contributed by atoms with Crippen molar-refractivity contribution < 1.29 is 8.81 Å². The topological polar surface area (TPSA) is 51.0 Å². The third-order valence-corrected chi connectivity index (χ3v) is 3.56. The fourth-order valence-corrected chi connectivity index (χ4v) is 2.47. The van der Waals surface area contributed by atoms with Gasteiger partial charge in [-0.25, -0.2) is 14.4 Å². The monoisotopic (exact) mass is 293 g/mol. The summed E-state index contributed by atoms with van der Waals surface area (Å²) in [6, 6.07) is 14.3. The molecular formula is C17H12FN3O. The molecule has 0 atom stereocenters. The van der Waals surface area contributed by atoms with Gasteiger partial charge in [0.25, 0.3) is 0 Å². The van der Waals surface area contributed by atoms with Crippen LogP contribution in [-0.2, 0) is 6.54 Å². The van der Waals surface area contributed by atoms with Crippen molar-refractivity contribution >= 4 is 27.9 Å². The molecule has 0 saturated heterocycles. The molecule has 4 aromatic rings. The number of furan rings is 1. The highest BCUT2D eigenvalue weighted by molar-refractivity contribution is 6.05. The molecule has 5 heteroatoms.